The average molecular weight is 288 g/mol. The standard InChI is InChI=1S/C15H20N4O2/c16-12(15(21)18-7-3-6-14(17)20)8-10-9-19-13-5-2-1-4-11(10)13/h1-2,4-5,9,12,19H,3,6-8,16H2,(H2,17,20)(H,18,21)/t12-/m1/s1. The fourth-order valence-electron chi connectivity index (χ4n) is 2.24. The van der Waals surface area contributed by atoms with Crippen LogP contribution in [0.2, 0.25) is 0 Å². The molecule has 0 saturated carbocycles. The van der Waals surface area contributed by atoms with Gasteiger partial charge in [-0.1, -0.05) is 18.2 Å². The third-order valence-electron chi connectivity index (χ3n) is 3.35. The van der Waals surface area contributed by atoms with Crippen LogP contribution in [0, 0.1) is 0 Å². The zero-order valence-electron chi connectivity index (χ0n) is 11.8. The number of carbonyl (C=O) groups is 2. The molecule has 0 saturated heterocycles. The number of aromatic amines is 1. The van der Waals surface area contributed by atoms with Gasteiger partial charge in [0.1, 0.15) is 0 Å². The predicted octanol–water partition coefficient (Wildman–Crippen LogP) is 0.419. The molecule has 0 unspecified atom stereocenters. The van der Waals surface area contributed by atoms with Crippen molar-refractivity contribution >= 4 is 22.7 Å². The molecular formula is C15H20N4O2. The lowest BCUT2D eigenvalue weighted by Crippen LogP contribution is -2.42. The number of nitrogens with one attached hydrogen (secondary N) is 2. The van der Waals surface area contributed by atoms with Crippen LogP contribution in [0.5, 0.6) is 0 Å². The lowest BCUT2D eigenvalue weighted by Gasteiger charge is -2.11. The van der Waals surface area contributed by atoms with Gasteiger partial charge >= 0.3 is 0 Å². The van der Waals surface area contributed by atoms with Gasteiger partial charge in [-0.2, -0.15) is 0 Å². The van der Waals surface area contributed by atoms with Crippen LogP contribution in [0.1, 0.15) is 18.4 Å². The molecule has 0 aliphatic heterocycles. The number of H-pyrrole nitrogens is 1. The van der Waals surface area contributed by atoms with Gasteiger partial charge in [0, 0.05) is 30.1 Å². The molecule has 1 aromatic heterocycles. The molecule has 6 N–H and O–H groups in total. The number of hydrogen-bond donors (Lipinski definition) is 4. The first-order valence-corrected chi connectivity index (χ1v) is 6.94. The lowest BCUT2D eigenvalue weighted by molar-refractivity contribution is -0.123. The van der Waals surface area contributed by atoms with E-state index in [1.807, 2.05) is 30.5 Å². The minimum Gasteiger partial charge on any atom is -0.370 e. The van der Waals surface area contributed by atoms with Crippen molar-refractivity contribution in [3.8, 4) is 0 Å². The average Bonchev–Trinajstić information content (AvgIpc) is 2.86. The van der Waals surface area contributed by atoms with Gasteiger partial charge in [0.25, 0.3) is 0 Å². The SMILES string of the molecule is NC(=O)CCCNC(=O)[C@H](N)Cc1c[nH]c2ccccc12. The van der Waals surface area contributed by atoms with Crippen LogP contribution in [0.4, 0.5) is 0 Å². The summed E-state index contributed by atoms with van der Waals surface area (Å²) < 4.78 is 0. The lowest BCUT2D eigenvalue weighted by atomic mass is 10.1. The summed E-state index contributed by atoms with van der Waals surface area (Å²) in [4.78, 5) is 25.6. The van der Waals surface area contributed by atoms with E-state index in [2.05, 4.69) is 10.3 Å². The quantitative estimate of drug-likeness (QED) is 0.553. The van der Waals surface area contributed by atoms with Crippen molar-refractivity contribution < 1.29 is 9.59 Å². The first-order valence-electron chi connectivity index (χ1n) is 6.94. The molecule has 0 aliphatic rings. The maximum Gasteiger partial charge on any atom is 0.237 e. The van der Waals surface area contributed by atoms with E-state index in [0.717, 1.165) is 16.5 Å². The summed E-state index contributed by atoms with van der Waals surface area (Å²) >= 11 is 0. The number of carbonyl (C=O) groups excluding carboxylic acids is 2. The van der Waals surface area contributed by atoms with E-state index in [4.69, 9.17) is 11.5 Å². The third kappa shape index (κ3) is 4.06. The smallest absolute Gasteiger partial charge is 0.237 e. The van der Waals surface area contributed by atoms with Crippen molar-refractivity contribution in [2.45, 2.75) is 25.3 Å². The Morgan fingerprint density at radius 1 is 1.29 bits per heavy atom. The number of amides is 2. The van der Waals surface area contributed by atoms with E-state index in [0.29, 0.717) is 19.4 Å². The molecule has 2 aromatic rings. The van der Waals surface area contributed by atoms with Crippen LogP contribution in [0.15, 0.2) is 30.5 Å². The number of hydrogen-bond acceptors (Lipinski definition) is 3. The molecule has 0 fully saturated rings. The highest BCUT2D eigenvalue weighted by molar-refractivity contribution is 5.86. The van der Waals surface area contributed by atoms with Gasteiger partial charge in [-0.3, -0.25) is 9.59 Å². The fraction of sp³-hybridized carbons (Fsp3) is 0.333. The molecule has 2 rings (SSSR count). The Morgan fingerprint density at radius 2 is 2.05 bits per heavy atom. The van der Waals surface area contributed by atoms with Crippen LogP contribution in [-0.2, 0) is 16.0 Å². The van der Waals surface area contributed by atoms with Gasteiger partial charge < -0.3 is 21.8 Å². The third-order valence-corrected chi connectivity index (χ3v) is 3.35. The molecule has 0 bridgehead atoms. The molecule has 0 radical (unpaired) electrons. The highest BCUT2D eigenvalue weighted by Gasteiger charge is 2.15. The summed E-state index contributed by atoms with van der Waals surface area (Å²) in [5.41, 5.74) is 13.0. The largest absolute Gasteiger partial charge is 0.370 e. The molecule has 1 heterocycles. The fourth-order valence-corrected chi connectivity index (χ4v) is 2.24. The predicted molar refractivity (Wildman–Crippen MR) is 81.4 cm³/mol. The topological polar surface area (TPSA) is 114 Å². The first kappa shape index (κ1) is 15.1. The van der Waals surface area contributed by atoms with Crippen molar-refractivity contribution in [1.29, 1.82) is 0 Å². The highest BCUT2D eigenvalue weighted by atomic mass is 16.2. The van der Waals surface area contributed by atoms with E-state index in [-0.39, 0.29) is 18.2 Å². The molecule has 112 valence electrons. The minimum absolute atomic E-state index is 0.218. The zero-order chi connectivity index (χ0) is 15.2. The molecule has 21 heavy (non-hydrogen) atoms. The summed E-state index contributed by atoms with van der Waals surface area (Å²) in [6.45, 7) is 0.406. The number of rotatable bonds is 7. The van der Waals surface area contributed by atoms with Gasteiger partial charge in [-0.25, -0.2) is 0 Å². The summed E-state index contributed by atoms with van der Waals surface area (Å²) in [5, 5.41) is 3.79. The molecule has 1 aromatic carbocycles. The van der Waals surface area contributed by atoms with Gasteiger partial charge in [0.05, 0.1) is 6.04 Å². The minimum atomic E-state index is -0.613. The van der Waals surface area contributed by atoms with E-state index in [1.54, 1.807) is 0 Å². The number of benzene rings is 1. The van der Waals surface area contributed by atoms with Crippen LogP contribution in [0.25, 0.3) is 10.9 Å². The van der Waals surface area contributed by atoms with Crippen molar-refractivity contribution in [3.05, 3.63) is 36.0 Å². The Hall–Kier alpha value is -2.34. The van der Waals surface area contributed by atoms with Crippen molar-refractivity contribution in [1.82, 2.24) is 10.3 Å². The van der Waals surface area contributed by atoms with Gasteiger partial charge in [0.15, 0.2) is 0 Å². The van der Waals surface area contributed by atoms with Gasteiger partial charge in [0.2, 0.25) is 11.8 Å². The Morgan fingerprint density at radius 3 is 2.81 bits per heavy atom. The monoisotopic (exact) mass is 288 g/mol. The van der Waals surface area contributed by atoms with Crippen LogP contribution in [-0.4, -0.2) is 29.4 Å². The second kappa shape index (κ2) is 6.90. The second-order valence-corrected chi connectivity index (χ2v) is 5.03. The van der Waals surface area contributed by atoms with Gasteiger partial charge in [-0.15, -0.1) is 0 Å². The highest BCUT2D eigenvalue weighted by Crippen LogP contribution is 2.18. The van der Waals surface area contributed by atoms with E-state index in [1.165, 1.54) is 0 Å². The number of nitrogens with two attached hydrogens (primary N) is 2. The zero-order valence-corrected chi connectivity index (χ0v) is 11.8. The van der Waals surface area contributed by atoms with Crippen molar-refractivity contribution in [2.75, 3.05) is 6.54 Å². The normalized spacial score (nSPS) is 12.2. The molecule has 0 spiro atoms. The van der Waals surface area contributed by atoms with E-state index >= 15 is 0 Å². The second-order valence-electron chi connectivity index (χ2n) is 5.03. The number of fused-ring (bicyclic) bond motifs is 1. The Bertz CT molecular complexity index is 635. The summed E-state index contributed by atoms with van der Waals surface area (Å²) in [6.07, 6.45) is 3.13. The Kier molecular flexibility index (Phi) is 4.94. The van der Waals surface area contributed by atoms with Crippen LogP contribution < -0.4 is 16.8 Å². The van der Waals surface area contributed by atoms with Crippen LogP contribution in [0.3, 0.4) is 0 Å². The van der Waals surface area contributed by atoms with Gasteiger partial charge in [-0.05, 0) is 24.5 Å². The maximum absolute atomic E-state index is 11.9. The Labute approximate surface area is 122 Å². The summed E-state index contributed by atoms with van der Waals surface area (Å²) in [6, 6.07) is 7.27. The molecule has 6 heteroatoms. The number of aromatic nitrogens is 1. The summed E-state index contributed by atoms with van der Waals surface area (Å²) in [5.74, 6) is -0.586. The first-order chi connectivity index (χ1) is 10.1. The molecular weight excluding hydrogens is 268 g/mol. The number of primary amides is 1. The van der Waals surface area contributed by atoms with E-state index in [9.17, 15) is 9.59 Å². The molecule has 6 nitrogen and oxygen atoms in total. The van der Waals surface area contributed by atoms with Crippen molar-refractivity contribution in [2.24, 2.45) is 11.5 Å². The maximum atomic E-state index is 11.9. The summed E-state index contributed by atoms with van der Waals surface area (Å²) in [7, 11) is 0. The molecule has 1 atom stereocenters. The molecule has 0 aliphatic carbocycles. The Balaban J connectivity index is 1.87. The number of para-hydroxylation sites is 1. The molecule has 2 amide bonds. The van der Waals surface area contributed by atoms with E-state index < -0.39 is 6.04 Å². The van der Waals surface area contributed by atoms with Crippen molar-refractivity contribution in [3.63, 3.8) is 0 Å². The van der Waals surface area contributed by atoms with Crippen LogP contribution >= 0.6 is 0 Å².